The summed E-state index contributed by atoms with van der Waals surface area (Å²) >= 11 is 5.98. The number of aromatic nitrogens is 1. The molecule has 1 aromatic heterocycles. The second-order valence-electron chi connectivity index (χ2n) is 8.59. The summed E-state index contributed by atoms with van der Waals surface area (Å²) in [7, 11) is 0. The van der Waals surface area contributed by atoms with E-state index in [1.807, 2.05) is 38.1 Å². The highest BCUT2D eigenvalue weighted by molar-refractivity contribution is 6.30. The number of nitrogens with zero attached hydrogens (tertiary/aromatic N) is 2. The van der Waals surface area contributed by atoms with Crippen molar-refractivity contribution in [2.24, 2.45) is 0 Å². The summed E-state index contributed by atoms with van der Waals surface area (Å²) in [6.07, 6.45) is 0.931. The number of fused-ring (bicyclic) bond motifs is 2. The monoisotopic (exact) mass is 436 g/mol. The molecule has 3 aromatic rings. The summed E-state index contributed by atoms with van der Waals surface area (Å²) in [5.41, 5.74) is 3.09. The van der Waals surface area contributed by atoms with E-state index in [9.17, 15) is 9.59 Å². The van der Waals surface area contributed by atoms with Gasteiger partial charge in [-0.3, -0.25) is 9.59 Å². The smallest absolute Gasteiger partial charge is 0.254 e. The van der Waals surface area contributed by atoms with Gasteiger partial charge >= 0.3 is 0 Å². The highest BCUT2D eigenvalue weighted by atomic mass is 35.5. The number of hydrogen-bond acceptors (Lipinski definition) is 5. The van der Waals surface area contributed by atoms with Crippen LogP contribution in [0.5, 0.6) is 5.75 Å². The van der Waals surface area contributed by atoms with Crippen LogP contribution in [0.4, 0.5) is 0 Å². The standard InChI is InChI=1S/C24H21ClN2O4/c1-24(2)12-20(28)18-11-15(5-8-21(18)30-24)23(29)27-10-9-17-19(13-27)26-31-22(17)14-3-6-16(25)7-4-14/h3-8,11H,9-10,12-13H2,1-2H3. The van der Waals surface area contributed by atoms with Crippen LogP contribution in [0.3, 0.4) is 0 Å². The first-order valence-electron chi connectivity index (χ1n) is 10.2. The zero-order chi connectivity index (χ0) is 21.8. The molecular formula is C24H21ClN2O4. The number of Topliss-reactive ketones (excluding diaryl/α,β-unsaturated/α-hetero) is 1. The molecule has 0 unspecified atom stereocenters. The molecule has 31 heavy (non-hydrogen) atoms. The van der Waals surface area contributed by atoms with Crippen LogP contribution in [0.1, 0.15) is 52.2 Å². The van der Waals surface area contributed by atoms with Crippen molar-refractivity contribution in [2.75, 3.05) is 6.54 Å². The van der Waals surface area contributed by atoms with Crippen molar-refractivity contribution in [3.63, 3.8) is 0 Å². The van der Waals surface area contributed by atoms with Crippen molar-refractivity contribution in [1.29, 1.82) is 0 Å². The van der Waals surface area contributed by atoms with Crippen LogP contribution in [-0.4, -0.2) is 33.9 Å². The lowest BCUT2D eigenvalue weighted by Gasteiger charge is -2.32. The summed E-state index contributed by atoms with van der Waals surface area (Å²) in [4.78, 5) is 27.4. The second kappa shape index (κ2) is 7.24. The molecule has 158 valence electrons. The van der Waals surface area contributed by atoms with Gasteiger partial charge in [0.25, 0.3) is 5.91 Å². The zero-order valence-corrected chi connectivity index (χ0v) is 18.0. The molecule has 2 aliphatic heterocycles. The number of amides is 1. The van der Waals surface area contributed by atoms with E-state index >= 15 is 0 Å². The number of ether oxygens (including phenoxy) is 1. The lowest BCUT2D eigenvalue weighted by molar-refractivity contribution is 0.0619. The minimum Gasteiger partial charge on any atom is -0.487 e. The van der Waals surface area contributed by atoms with Crippen molar-refractivity contribution in [3.8, 4) is 17.1 Å². The number of carbonyl (C=O) groups is 2. The first kappa shape index (κ1) is 19.8. The predicted octanol–water partition coefficient (Wildman–Crippen LogP) is 4.94. The van der Waals surface area contributed by atoms with Gasteiger partial charge in [0, 0.05) is 28.3 Å². The molecule has 0 fully saturated rings. The summed E-state index contributed by atoms with van der Waals surface area (Å²) in [6, 6.07) is 12.5. The Morgan fingerprint density at radius 2 is 1.94 bits per heavy atom. The maximum absolute atomic E-state index is 13.1. The number of hydrogen-bond donors (Lipinski definition) is 0. The number of benzene rings is 2. The molecule has 7 heteroatoms. The third kappa shape index (κ3) is 3.61. The minimum atomic E-state index is -0.534. The molecule has 2 aromatic carbocycles. The van der Waals surface area contributed by atoms with Crippen LogP contribution in [-0.2, 0) is 13.0 Å². The summed E-state index contributed by atoms with van der Waals surface area (Å²) in [5.74, 6) is 1.11. The van der Waals surface area contributed by atoms with Crippen molar-refractivity contribution in [2.45, 2.75) is 38.8 Å². The fourth-order valence-corrected chi connectivity index (χ4v) is 4.33. The van der Waals surface area contributed by atoms with Gasteiger partial charge in [-0.15, -0.1) is 0 Å². The Balaban J connectivity index is 1.38. The van der Waals surface area contributed by atoms with Gasteiger partial charge in [0.2, 0.25) is 0 Å². The van der Waals surface area contributed by atoms with Crippen LogP contribution in [0.2, 0.25) is 5.02 Å². The van der Waals surface area contributed by atoms with Gasteiger partial charge < -0.3 is 14.2 Å². The lowest BCUT2D eigenvalue weighted by atomic mass is 9.92. The van der Waals surface area contributed by atoms with Gasteiger partial charge in [0.1, 0.15) is 17.0 Å². The maximum atomic E-state index is 13.1. The molecule has 0 saturated heterocycles. The van der Waals surface area contributed by atoms with Crippen molar-refractivity contribution in [3.05, 3.63) is 69.9 Å². The van der Waals surface area contributed by atoms with E-state index in [1.54, 1.807) is 23.1 Å². The number of rotatable bonds is 2. The lowest BCUT2D eigenvalue weighted by Crippen LogP contribution is -2.37. The molecule has 0 N–H and O–H groups in total. The van der Waals surface area contributed by atoms with Gasteiger partial charge in [-0.05, 0) is 62.7 Å². The average Bonchev–Trinajstić information content (AvgIpc) is 3.16. The Kier molecular flexibility index (Phi) is 4.63. The maximum Gasteiger partial charge on any atom is 0.254 e. The molecule has 3 heterocycles. The van der Waals surface area contributed by atoms with Crippen LogP contribution in [0, 0.1) is 0 Å². The molecule has 6 nitrogen and oxygen atoms in total. The van der Waals surface area contributed by atoms with Gasteiger partial charge in [0.15, 0.2) is 11.5 Å². The Morgan fingerprint density at radius 1 is 1.16 bits per heavy atom. The molecule has 0 aliphatic carbocycles. The van der Waals surface area contributed by atoms with Gasteiger partial charge in [-0.1, -0.05) is 16.8 Å². The van der Waals surface area contributed by atoms with E-state index in [4.69, 9.17) is 20.9 Å². The van der Waals surface area contributed by atoms with Crippen LogP contribution in [0.15, 0.2) is 47.0 Å². The Hall–Kier alpha value is -3.12. The molecule has 0 spiro atoms. The van der Waals surface area contributed by atoms with E-state index < -0.39 is 5.60 Å². The first-order valence-corrected chi connectivity index (χ1v) is 10.6. The Morgan fingerprint density at radius 3 is 2.71 bits per heavy atom. The summed E-state index contributed by atoms with van der Waals surface area (Å²) in [6.45, 7) is 4.67. The zero-order valence-electron chi connectivity index (χ0n) is 17.3. The summed E-state index contributed by atoms with van der Waals surface area (Å²) in [5, 5.41) is 4.86. The van der Waals surface area contributed by atoms with E-state index in [-0.39, 0.29) is 18.1 Å². The van der Waals surface area contributed by atoms with Crippen molar-refractivity contribution < 1.29 is 18.8 Å². The molecular weight excluding hydrogens is 416 g/mol. The van der Waals surface area contributed by atoms with E-state index in [0.29, 0.717) is 41.4 Å². The second-order valence-corrected chi connectivity index (χ2v) is 9.03. The van der Waals surface area contributed by atoms with E-state index in [2.05, 4.69) is 5.16 Å². The molecule has 5 rings (SSSR count). The molecule has 0 bridgehead atoms. The Bertz CT molecular complexity index is 1200. The fraction of sp³-hybridized carbons (Fsp3) is 0.292. The fourth-order valence-electron chi connectivity index (χ4n) is 4.20. The Labute approximate surface area is 184 Å². The summed E-state index contributed by atoms with van der Waals surface area (Å²) < 4.78 is 11.5. The third-order valence-electron chi connectivity index (χ3n) is 5.73. The molecule has 0 radical (unpaired) electrons. The first-order chi connectivity index (χ1) is 14.8. The quantitative estimate of drug-likeness (QED) is 0.569. The highest BCUT2D eigenvalue weighted by Gasteiger charge is 2.34. The number of halogens is 1. The molecule has 0 atom stereocenters. The molecule has 2 aliphatic rings. The van der Waals surface area contributed by atoms with E-state index in [1.165, 1.54) is 0 Å². The van der Waals surface area contributed by atoms with Crippen molar-refractivity contribution in [1.82, 2.24) is 10.1 Å². The van der Waals surface area contributed by atoms with Crippen LogP contribution in [0.25, 0.3) is 11.3 Å². The number of carbonyl (C=O) groups excluding carboxylic acids is 2. The minimum absolute atomic E-state index is 0.00839. The van der Waals surface area contributed by atoms with Gasteiger partial charge in [-0.2, -0.15) is 0 Å². The third-order valence-corrected chi connectivity index (χ3v) is 5.99. The van der Waals surface area contributed by atoms with Crippen LogP contribution >= 0.6 is 11.6 Å². The van der Waals surface area contributed by atoms with Crippen molar-refractivity contribution >= 4 is 23.3 Å². The normalized spacial score (nSPS) is 17.0. The van der Waals surface area contributed by atoms with Crippen LogP contribution < -0.4 is 4.74 Å². The predicted molar refractivity (Wildman–Crippen MR) is 115 cm³/mol. The highest BCUT2D eigenvalue weighted by Crippen LogP contribution is 2.35. The number of ketones is 1. The molecule has 1 amide bonds. The van der Waals surface area contributed by atoms with E-state index in [0.717, 1.165) is 22.6 Å². The largest absolute Gasteiger partial charge is 0.487 e. The molecule has 0 saturated carbocycles. The van der Waals surface area contributed by atoms with Gasteiger partial charge in [-0.25, -0.2) is 0 Å². The SMILES string of the molecule is CC1(C)CC(=O)c2cc(C(=O)N3CCc4c(noc4-c4ccc(Cl)cc4)C3)ccc2O1. The topological polar surface area (TPSA) is 72.6 Å². The average molecular weight is 437 g/mol. The van der Waals surface area contributed by atoms with Gasteiger partial charge in [0.05, 0.1) is 18.5 Å².